The zero-order valence-electron chi connectivity index (χ0n) is 13.2. The number of carbonyl (C=O) groups is 2. The predicted octanol–water partition coefficient (Wildman–Crippen LogP) is 3.34. The summed E-state index contributed by atoms with van der Waals surface area (Å²) in [6, 6.07) is 0. The zero-order valence-corrected chi connectivity index (χ0v) is 13.2. The van der Waals surface area contributed by atoms with Gasteiger partial charge in [0.1, 0.15) is 0 Å². The molecule has 1 saturated carbocycles. The van der Waals surface area contributed by atoms with Gasteiger partial charge in [0.05, 0.1) is 14.2 Å². The number of rotatable bonds is 7. The van der Waals surface area contributed by atoms with Crippen LogP contribution in [0.2, 0.25) is 0 Å². The normalized spacial score (nSPS) is 16.4. The third-order valence-corrected chi connectivity index (χ3v) is 4.92. The van der Waals surface area contributed by atoms with E-state index >= 15 is 0 Å². The molecule has 0 aromatic heterocycles. The second-order valence-electron chi connectivity index (χ2n) is 5.82. The van der Waals surface area contributed by atoms with Crippen LogP contribution in [-0.2, 0) is 19.1 Å². The van der Waals surface area contributed by atoms with Gasteiger partial charge < -0.3 is 9.47 Å². The summed E-state index contributed by atoms with van der Waals surface area (Å²) in [6.45, 7) is 4.20. The van der Waals surface area contributed by atoms with Gasteiger partial charge in [-0.05, 0) is 31.1 Å². The van der Waals surface area contributed by atoms with Crippen molar-refractivity contribution < 1.29 is 19.1 Å². The molecule has 0 aromatic rings. The van der Waals surface area contributed by atoms with Crippen LogP contribution >= 0.6 is 0 Å². The average Bonchev–Trinajstić information content (AvgIpc) is 3.02. The number of ether oxygens (including phenoxy) is 2. The standard InChI is InChI=1S/C16H28O4/c1-5-12(6-2)11-16(14(17)19-3,15(18)20-4)13-9-7-8-10-13/h12-13H,5-11H2,1-4H3. The minimum atomic E-state index is -1.10. The third-order valence-electron chi connectivity index (χ3n) is 4.92. The van der Waals surface area contributed by atoms with Gasteiger partial charge in [-0.2, -0.15) is 0 Å². The fraction of sp³-hybridized carbons (Fsp3) is 0.875. The molecule has 0 spiro atoms. The molecule has 0 aliphatic heterocycles. The Kier molecular flexibility index (Phi) is 6.50. The van der Waals surface area contributed by atoms with Crippen LogP contribution in [0.5, 0.6) is 0 Å². The lowest BCUT2D eigenvalue weighted by atomic mass is 9.68. The van der Waals surface area contributed by atoms with Gasteiger partial charge in [-0.15, -0.1) is 0 Å². The Morgan fingerprint density at radius 3 is 1.85 bits per heavy atom. The van der Waals surface area contributed by atoms with Crippen molar-refractivity contribution in [3.8, 4) is 0 Å². The monoisotopic (exact) mass is 284 g/mol. The van der Waals surface area contributed by atoms with E-state index in [1.165, 1.54) is 14.2 Å². The summed E-state index contributed by atoms with van der Waals surface area (Å²) in [5.74, 6) is -0.428. The zero-order chi connectivity index (χ0) is 15.2. The Morgan fingerprint density at radius 1 is 1.05 bits per heavy atom. The van der Waals surface area contributed by atoms with E-state index in [-0.39, 0.29) is 5.92 Å². The van der Waals surface area contributed by atoms with Crippen molar-refractivity contribution in [3.63, 3.8) is 0 Å². The molecule has 0 saturated heterocycles. The molecule has 0 atom stereocenters. The minimum Gasteiger partial charge on any atom is -0.468 e. The lowest BCUT2D eigenvalue weighted by Gasteiger charge is -2.36. The smallest absolute Gasteiger partial charge is 0.323 e. The predicted molar refractivity (Wildman–Crippen MR) is 77.1 cm³/mol. The average molecular weight is 284 g/mol. The largest absolute Gasteiger partial charge is 0.468 e. The Labute approximate surface area is 122 Å². The molecule has 1 fully saturated rings. The van der Waals surface area contributed by atoms with Crippen LogP contribution in [0.3, 0.4) is 0 Å². The van der Waals surface area contributed by atoms with E-state index in [0.717, 1.165) is 38.5 Å². The van der Waals surface area contributed by atoms with Gasteiger partial charge >= 0.3 is 11.9 Å². The Bertz CT molecular complexity index is 311. The summed E-state index contributed by atoms with van der Waals surface area (Å²) in [6.07, 6.45) is 6.42. The first-order chi connectivity index (χ1) is 9.56. The van der Waals surface area contributed by atoms with Gasteiger partial charge in [-0.1, -0.05) is 39.5 Å². The molecule has 116 valence electrons. The topological polar surface area (TPSA) is 52.6 Å². The Balaban J connectivity index is 3.17. The highest BCUT2D eigenvalue weighted by Crippen LogP contribution is 2.46. The summed E-state index contributed by atoms with van der Waals surface area (Å²) in [4.78, 5) is 24.9. The quantitative estimate of drug-likeness (QED) is 0.531. The van der Waals surface area contributed by atoms with Crippen LogP contribution in [0, 0.1) is 17.3 Å². The summed E-state index contributed by atoms with van der Waals surface area (Å²) < 4.78 is 10.0. The summed E-state index contributed by atoms with van der Waals surface area (Å²) in [7, 11) is 2.73. The highest BCUT2D eigenvalue weighted by molar-refractivity contribution is 6.00. The summed E-state index contributed by atoms with van der Waals surface area (Å²) in [5, 5.41) is 0. The van der Waals surface area contributed by atoms with Crippen molar-refractivity contribution >= 4 is 11.9 Å². The minimum absolute atomic E-state index is 0.0583. The third kappa shape index (κ3) is 3.15. The van der Waals surface area contributed by atoms with Gasteiger partial charge in [-0.25, -0.2) is 0 Å². The maximum absolute atomic E-state index is 12.5. The highest BCUT2D eigenvalue weighted by Gasteiger charge is 2.55. The van der Waals surface area contributed by atoms with E-state index in [0.29, 0.717) is 12.3 Å². The molecule has 0 bridgehead atoms. The van der Waals surface area contributed by atoms with Gasteiger partial charge in [0.15, 0.2) is 5.41 Å². The lowest BCUT2D eigenvalue weighted by Crippen LogP contribution is -2.47. The maximum atomic E-state index is 12.5. The molecule has 4 heteroatoms. The van der Waals surface area contributed by atoms with Gasteiger partial charge in [0.25, 0.3) is 0 Å². The van der Waals surface area contributed by atoms with Crippen molar-refractivity contribution in [3.05, 3.63) is 0 Å². The molecule has 0 radical (unpaired) electrons. The molecule has 20 heavy (non-hydrogen) atoms. The first-order valence-electron chi connectivity index (χ1n) is 7.73. The highest BCUT2D eigenvalue weighted by atomic mass is 16.5. The molecular weight excluding hydrogens is 256 g/mol. The van der Waals surface area contributed by atoms with Gasteiger partial charge in [-0.3, -0.25) is 9.59 Å². The van der Waals surface area contributed by atoms with E-state index in [1.807, 2.05) is 0 Å². The van der Waals surface area contributed by atoms with Gasteiger partial charge in [0, 0.05) is 0 Å². The van der Waals surface area contributed by atoms with Crippen molar-refractivity contribution in [2.45, 2.75) is 58.8 Å². The van der Waals surface area contributed by atoms with Crippen molar-refractivity contribution in [1.82, 2.24) is 0 Å². The van der Waals surface area contributed by atoms with Crippen LogP contribution in [0.4, 0.5) is 0 Å². The summed E-state index contributed by atoms with van der Waals surface area (Å²) in [5.41, 5.74) is -1.10. The SMILES string of the molecule is CCC(CC)CC(C(=O)OC)(C(=O)OC)C1CCCC1. The second kappa shape index (κ2) is 7.65. The van der Waals surface area contributed by atoms with Crippen molar-refractivity contribution in [1.29, 1.82) is 0 Å². The van der Waals surface area contributed by atoms with Crippen LogP contribution in [0.1, 0.15) is 58.8 Å². The Morgan fingerprint density at radius 2 is 1.50 bits per heavy atom. The van der Waals surface area contributed by atoms with Crippen LogP contribution < -0.4 is 0 Å². The molecule has 0 aromatic carbocycles. The second-order valence-corrected chi connectivity index (χ2v) is 5.82. The van der Waals surface area contributed by atoms with E-state index in [1.54, 1.807) is 0 Å². The number of hydrogen-bond acceptors (Lipinski definition) is 4. The van der Waals surface area contributed by atoms with Crippen LogP contribution in [0.15, 0.2) is 0 Å². The fourth-order valence-corrected chi connectivity index (χ4v) is 3.57. The molecule has 4 nitrogen and oxygen atoms in total. The number of hydrogen-bond donors (Lipinski definition) is 0. The first kappa shape index (κ1) is 17.0. The van der Waals surface area contributed by atoms with Crippen LogP contribution in [-0.4, -0.2) is 26.2 Å². The summed E-state index contributed by atoms with van der Waals surface area (Å²) >= 11 is 0. The molecule has 0 amide bonds. The number of carbonyl (C=O) groups excluding carboxylic acids is 2. The van der Waals surface area contributed by atoms with Gasteiger partial charge in [0.2, 0.25) is 0 Å². The van der Waals surface area contributed by atoms with Crippen LogP contribution in [0.25, 0.3) is 0 Å². The number of esters is 2. The molecule has 0 N–H and O–H groups in total. The van der Waals surface area contributed by atoms with E-state index in [4.69, 9.17) is 9.47 Å². The molecule has 0 unspecified atom stereocenters. The van der Waals surface area contributed by atoms with Crippen molar-refractivity contribution in [2.24, 2.45) is 17.3 Å². The number of methoxy groups -OCH3 is 2. The molecular formula is C16H28O4. The molecule has 1 aliphatic rings. The Hall–Kier alpha value is -1.06. The van der Waals surface area contributed by atoms with E-state index in [9.17, 15) is 9.59 Å². The first-order valence-corrected chi connectivity index (χ1v) is 7.73. The molecule has 0 heterocycles. The van der Waals surface area contributed by atoms with Crippen molar-refractivity contribution in [2.75, 3.05) is 14.2 Å². The maximum Gasteiger partial charge on any atom is 0.323 e. The lowest BCUT2D eigenvalue weighted by molar-refractivity contribution is -0.175. The fourth-order valence-electron chi connectivity index (χ4n) is 3.57. The van der Waals surface area contributed by atoms with E-state index in [2.05, 4.69) is 13.8 Å². The molecule has 1 rings (SSSR count). The van der Waals surface area contributed by atoms with E-state index < -0.39 is 17.4 Å². The molecule has 1 aliphatic carbocycles.